The first-order valence-electron chi connectivity index (χ1n) is 12.2. The topological polar surface area (TPSA) is 28.3 Å². The van der Waals surface area contributed by atoms with Crippen LogP contribution in [-0.4, -0.2) is 30.1 Å². The van der Waals surface area contributed by atoms with Gasteiger partial charge in [0.05, 0.1) is 7.11 Å². The van der Waals surface area contributed by atoms with Crippen LogP contribution in [0.2, 0.25) is 0 Å². The average Bonchev–Trinajstić information content (AvgIpc) is 3.19. The van der Waals surface area contributed by atoms with Gasteiger partial charge in [0.25, 0.3) is 0 Å². The Morgan fingerprint density at radius 2 is 1.91 bits per heavy atom. The van der Waals surface area contributed by atoms with Crippen molar-refractivity contribution in [2.75, 3.05) is 20.2 Å². The standard InChI is InChI=1S/C30H32N2O/c1-21-11-12-28-26(15-21)27-17-24-20-32(19-22-7-4-3-5-8-22)14-13-30(24,18-29(27)31-28)23-9-6-10-25(16-23)33-2/h3-12,15-16,24,31H,13-14,17-20H2,1-2H3/t24?,30-/m0/s1. The third-order valence-corrected chi connectivity index (χ3v) is 8.12. The number of hydrogen-bond acceptors (Lipinski definition) is 2. The van der Waals surface area contributed by atoms with Crippen molar-refractivity contribution in [3.8, 4) is 5.75 Å². The van der Waals surface area contributed by atoms with Crippen LogP contribution in [0.5, 0.6) is 5.75 Å². The zero-order valence-corrected chi connectivity index (χ0v) is 19.6. The van der Waals surface area contributed by atoms with E-state index in [1.807, 2.05) is 0 Å². The highest BCUT2D eigenvalue weighted by Gasteiger charge is 2.48. The Balaban J connectivity index is 1.41. The fourth-order valence-corrected chi connectivity index (χ4v) is 6.40. The highest BCUT2D eigenvalue weighted by Crippen LogP contribution is 2.49. The molecule has 3 aromatic carbocycles. The van der Waals surface area contributed by atoms with Gasteiger partial charge in [-0.1, -0.05) is 54.1 Å². The van der Waals surface area contributed by atoms with Crippen molar-refractivity contribution in [3.63, 3.8) is 0 Å². The van der Waals surface area contributed by atoms with E-state index in [1.54, 1.807) is 12.7 Å². The predicted octanol–water partition coefficient (Wildman–Crippen LogP) is 6.04. The summed E-state index contributed by atoms with van der Waals surface area (Å²) in [5.41, 5.74) is 8.58. The van der Waals surface area contributed by atoms with Gasteiger partial charge in [-0.2, -0.15) is 0 Å². The van der Waals surface area contributed by atoms with Gasteiger partial charge in [-0.15, -0.1) is 0 Å². The van der Waals surface area contributed by atoms with Crippen molar-refractivity contribution < 1.29 is 4.74 Å². The summed E-state index contributed by atoms with van der Waals surface area (Å²) in [6.45, 7) is 5.48. The third kappa shape index (κ3) is 3.55. The van der Waals surface area contributed by atoms with E-state index in [9.17, 15) is 0 Å². The molecular formula is C30H32N2O. The maximum atomic E-state index is 5.63. The number of likely N-dealkylation sites (tertiary alicyclic amines) is 1. The Bertz CT molecular complexity index is 1290. The lowest BCUT2D eigenvalue weighted by molar-refractivity contribution is 0.0765. The number of aryl methyl sites for hydroxylation is 1. The number of rotatable bonds is 4. The molecule has 6 rings (SSSR count). The summed E-state index contributed by atoms with van der Waals surface area (Å²) in [6, 6.07) is 26.6. The SMILES string of the molecule is COc1cccc([C@@]23CCN(Cc4ccccc4)CC2Cc2c([nH]c4ccc(C)cc24)C3)c1. The lowest BCUT2D eigenvalue weighted by Gasteiger charge is -2.51. The minimum atomic E-state index is 0.144. The molecule has 2 aliphatic rings. The van der Waals surface area contributed by atoms with Crippen molar-refractivity contribution in [1.82, 2.24) is 9.88 Å². The van der Waals surface area contributed by atoms with Gasteiger partial charge < -0.3 is 9.72 Å². The lowest BCUT2D eigenvalue weighted by atomic mass is 9.58. The molecular weight excluding hydrogens is 404 g/mol. The summed E-state index contributed by atoms with van der Waals surface area (Å²) >= 11 is 0. The molecule has 0 radical (unpaired) electrons. The minimum absolute atomic E-state index is 0.144. The number of nitrogens with one attached hydrogen (secondary N) is 1. The van der Waals surface area contributed by atoms with Crippen LogP contribution < -0.4 is 4.74 Å². The Kier molecular flexibility index (Phi) is 5.03. The summed E-state index contributed by atoms with van der Waals surface area (Å²) in [5.74, 6) is 1.54. The second kappa shape index (κ2) is 8.07. The molecule has 3 heteroatoms. The van der Waals surface area contributed by atoms with Crippen LogP contribution in [0.15, 0.2) is 72.8 Å². The molecule has 1 aromatic heterocycles. The first-order valence-corrected chi connectivity index (χ1v) is 12.2. The molecule has 168 valence electrons. The normalized spacial score (nSPS) is 22.7. The Morgan fingerprint density at radius 1 is 1.03 bits per heavy atom. The molecule has 1 aliphatic carbocycles. The number of methoxy groups -OCH3 is 1. The zero-order chi connectivity index (χ0) is 22.4. The number of fused-ring (bicyclic) bond motifs is 4. The molecule has 0 spiro atoms. The molecule has 1 fully saturated rings. The number of nitrogens with zero attached hydrogens (tertiary/aromatic N) is 1. The van der Waals surface area contributed by atoms with Gasteiger partial charge in [0, 0.05) is 35.1 Å². The largest absolute Gasteiger partial charge is 0.497 e. The van der Waals surface area contributed by atoms with E-state index >= 15 is 0 Å². The van der Waals surface area contributed by atoms with Gasteiger partial charge in [0.1, 0.15) is 5.75 Å². The van der Waals surface area contributed by atoms with E-state index in [0.29, 0.717) is 5.92 Å². The number of H-pyrrole nitrogens is 1. The van der Waals surface area contributed by atoms with Crippen LogP contribution in [0, 0.1) is 12.8 Å². The first-order chi connectivity index (χ1) is 16.1. The van der Waals surface area contributed by atoms with Crippen LogP contribution in [0.4, 0.5) is 0 Å². The van der Waals surface area contributed by atoms with Crippen molar-refractivity contribution >= 4 is 10.9 Å². The zero-order valence-electron chi connectivity index (χ0n) is 19.6. The van der Waals surface area contributed by atoms with E-state index in [-0.39, 0.29) is 5.41 Å². The number of aromatic nitrogens is 1. The molecule has 0 saturated carbocycles. The minimum Gasteiger partial charge on any atom is -0.497 e. The maximum Gasteiger partial charge on any atom is 0.119 e. The first kappa shape index (κ1) is 20.6. The van der Waals surface area contributed by atoms with Gasteiger partial charge in [0.2, 0.25) is 0 Å². The van der Waals surface area contributed by atoms with Crippen molar-refractivity contribution in [1.29, 1.82) is 0 Å². The van der Waals surface area contributed by atoms with E-state index in [2.05, 4.69) is 89.6 Å². The Morgan fingerprint density at radius 3 is 2.76 bits per heavy atom. The molecule has 1 saturated heterocycles. The predicted molar refractivity (Wildman–Crippen MR) is 135 cm³/mol. The van der Waals surface area contributed by atoms with Gasteiger partial charge in [0.15, 0.2) is 0 Å². The van der Waals surface area contributed by atoms with Crippen LogP contribution in [0.25, 0.3) is 10.9 Å². The van der Waals surface area contributed by atoms with Crippen LogP contribution in [-0.2, 0) is 24.8 Å². The number of aromatic amines is 1. The number of piperidine rings is 1. The monoisotopic (exact) mass is 436 g/mol. The number of hydrogen-bond donors (Lipinski definition) is 1. The van der Waals surface area contributed by atoms with Crippen LogP contribution in [0.1, 0.15) is 34.4 Å². The molecule has 33 heavy (non-hydrogen) atoms. The van der Waals surface area contributed by atoms with E-state index in [4.69, 9.17) is 4.74 Å². The molecule has 1 aliphatic heterocycles. The van der Waals surface area contributed by atoms with Crippen molar-refractivity contribution in [3.05, 3.63) is 101 Å². The molecule has 2 atom stereocenters. The molecule has 4 aromatic rings. The summed E-state index contributed by atoms with van der Waals surface area (Å²) < 4.78 is 5.63. The quantitative estimate of drug-likeness (QED) is 0.422. The highest BCUT2D eigenvalue weighted by atomic mass is 16.5. The molecule has 0 bridgehead atoms. The summed E-state index contributed by atoms with van der Waals surface area (Å²) in [4.78, 5) is 6.48. The fraction of sp³-hybridized carbons (Fsp3) is 0.333. The van der Waals surface area contributed by atoms with E-state index < -0.39 is 0 Å². The molecule has 2 heterocycles. The van der Waals surface area contributed by atoms with E-state index in [1.165, 1.54) is 39.7 Å². The Labute approximate surface area is 196 Å². The smallest absolute Gasteiger partial charge is 0.119 e. The molecule has 1 unspecified atom stereocenters. The third-order valence-electron chi connectivity index (χ3n) is 8.12. The Hall–Kier alpha value is -3.04. The lowest BCUT2D eigenvalue weighted by Crippen LogP contribution is -2.53. The highest BCUT2D eigenvalue weighted by molar-refractivity contribution is 5.86. The van der Waals surface area contributed by atoms with Gasteiger partial charge >= 0.3 is 0 Å². The summed E-state index contributed by atoms with van der Waals surface area (Å²) in [5, 5.41) is 1.42. The second-order valence-corrected chi connectivity index (χ2v) is 10.1. The van der Waals surface area contributed by atoms with Crippen molar-refractivity contribution in [2.24, 2.45) is 5.92 Å². The number of benzene rings is 3. The van der Waals surface area contributed by atoms with Crippen LogP contribution in [0.3, 0.4) is 0 Å². The average molecular weight is 437 g/mol. The number of ether oxygens (including phenoxy) is 1. The van der Waals surface area contributed by atoms with Crippen LogP contribution >= 0.6 is 0 Å². The maximum absolute atomic E-state index is 5.63. The second-order valence-electron chi connectivity index (χ2n) is 10.1. The fourth-order valence-electron chi connectivity index (χ4n) is 6.40. The van der Waals surface area contributed by atoms with Gasteiger partial charge in [-0.3, -0.25) is 4.90 Å². The molecule has 3 nitrogen and oxygen atoms in total. The molecule has 0 amide bonds. The van der Waals surface area contributed by atoms with Gasteiger partial charge in [-0.05, 0) is 79.6 Å². The molecule has 1 N–H and O–H groups in total. The van der Waals surface area contributed by atoms with Crippen molar-refractivity contribution in [2.45, 2.75) is 38.1 Å². The van der Waals surface area contributed by atoms with Gasteiger partial charge in [-0.25, -0.2) is 0 Å². The summed E-state index contributed by atoms with van der Waals surface area (Å²) in [7, 11) is 1.77. The summed E-state index contributed by atoms with van der Waals surface area (Å²) in [6.07, 6.45) is 3.37. The van der Waals surface area contributed by atoms with E-state index in [0.717, 1.165) is 38.2 Å².